The molecule has 0 unspecified atom stereocenters. The van der Waals surface area contributed by atoms with E-state index < -0.39 is 18.4 Å². The molecule has 0 aliphatic rings. The molecular weight excluding hydrogens is 311 g/mol. The average molecular weight is 330 g/mol. The molecule has 0 fully saturated rings. The van der Waals surface area contributed by atoms with E-state index in [2.05, 4.69) is 0 Å². The molecule has 0 atom stereocenters. The molecule has 0 saturated heterocycles. The van der Waals surface area contributed by atoms with E-state index in [4.69, 9.17) is 0 Å². The van der Waals surface area contributed by atoms with Gasteiger partial charge in [-0.1, -0.05) is 48.5 Å². The number of benzene rings is 2. The van der Waals surface area contributed by atoms with Crippen molar-refractivity contribution in [2.75, 3.05) is 0 Å². The highest BCUT2D eigenvalue weighted by atomic mass is 31.2. The summed E-state index contributed by atoms with van der Waals surface area (Å²) in [6, 6.07) is 14.2. The summed E-state index contributed by atoms with van der Waals surface area (Å²) < 4.78 is 12.3. The fourth-order valence-electron chi connectivity index (χ4n) is 2.30. The summed E-state index contributed by atoms with van der Waals surface area (Å²) in [6.45, 7) is 3.64. The summed E-state index contributed by atoms with van der Waals surface area (Å²) in [6.07, 6.45) is -0.417. The first-order valence-electron chi connectivity index (χ1n) is 7.31. The molecule has 2 aromatic carbocycles. The van der Waals surface area contributed by atoms with Crippen LogP contribution in [0.3, 0.4) is 0 Å². The van der Waals surface area contributed by atoms with Crippen LogP contribution in [0.4, 0.5) is 0 Å². The standard InChI is InChI=1S/C18H19O4P/c1-13-7-3-5-9-15(13)11-17(19)23(21,22)18(20)12-16-10-6-4-8-14(16)2/h3-10H,11-12H2,1-2H3,(H,21,22). The maximum absolute atomic E-state index is 12.3. The van der Waals surface area contributed by atoms with E-state index in [-0.39, 0.29) is 12.8 Å². The van der Waals surface area contributed by atoms with Crippen molar-refractivity contribution in [2.45, 2.75) is 26.7 Å². The summed E-state index contributed by atoms with van der Waals surface area (Å²) >= 11 is 0. The van der Waals surface area contributed by atoms with Crippen LogP contribution in [0.15, 0.2) is 48.5 Å². The van der Waals surface area contributed by atoms with E-state index in [1.165, 1.54) is 0 Å². The van der Waals surface area contributed by atoms with Gasteiger partial charge in [0.25, 0.3) is 0 Å². The number of hydrogen-bond acceptors (Lipinski definition) is 3. The van der Waals surface area contributed by atoms with Crippen LogP contribution in [0.5, 0.6) is 0 Å². The second-order valence-corrected chi connectivity index (χ2v) is 7.72. The third-order valence-electron chi connectivity index (χ3n) is 3.88. The summed E-state index contributed by atoms with van der Waals surface area (Å²) in [5.74, 6) is 0. The molecule has 4 nitrogen and oxygen atoms in total. The SMILES string of the molecule is Cc1ccccc1CC(=O)P(=O)(O)C(=O)Cc1ccccc1C. The topological polar surface area (TPSA) is 71.4 Å². The van der Waals surface area contributed by atoms with Crippen molar-refractivity contribution in [3.05, 3.63) is 70.8 Å². The predicted molar refractivity (Wildman–Crippen MR) is 89.6 cm³/mol. The summed E-state index contributed by atoms with van der Waals surface area (Å²) in [4.78, 5) is 34.4. The summed E-state index contributed by atoms with van der Waals surface area (Å²) in [7, 11) is -4.52. The minimum absolute atomic E-state index is 0.208. The maximum atomic E-state index is 12.3. The largest absolute Gasteiger partial charge is 0.334 e. The van der Waals surface area contributed by atoms with Gasteiger partial charge in [0, 0.05) is 12.8 Å². The van der Waals surface area contributed by atoms with Gasteiger partial charge in [0.2, 0.25) is 11.0 Å². The average Bonchev–Trinajstić information content (AvgIpc) is 2.51. The van der Waals surface area contributed by atoms with Crippen LogP contribution >= 0.6 is 7.37 Å². The Hall–Kier alpha value is -2.03. The maximum Gasteiger partial charge on any atom is 0.328 e. The van der Waals surface area contributed by atoms with Crippen molar-refractivity contribution in [1.29, 1.82) is 0 Å². The highest BCUT2D eigenvalue weighted by Gasteiger charge is 2.37. The molecule has 0 aliphatic heterocycles. The van der Waals surface area contributed by atoms with Crippen LogP contribution in [-0.4, -0.2) is 15.9 Å². The smallest absolute Gasteiger partial charge is 0.328 e. The summed E-state index contributed by atoms with van der Waals surface area (Å²) in [5.41, 5.74) is 1.21. The van der Waals surface area contributed by atoms with Crippen molar-refractivity contribution in [2.24, 2.45) is 0 Å². The van der Waals surface area contributed by atoms with Gasteiger partial charge in [0.05, 0.1) is 0 Å². The van der Waals surface area contributed by atoms with E-state index in [1.54, 1.807) is 24.3 Å². The lowest BCUT2D eigenvalue weighted by Crippen LogP contribution is -2.14. The monoisotopic (exact) mass is 330 g/mol. The molecule has 0 amide bonds. The lowest BCUT2D eigenvalue weighted by molar-refractivity contribution is -0.115. The number of rotatable bonds is 6. The molecule has 0 bridgehead atoms. The molecule has 0 radical (unpaired) electrons. The van der Waals surface area contributed by atoms with E-state index in [0.717, 1.165) is 11.1 Å². The summed E-state index contributed by atoms with van der Waals surface area (Å²) in [5, 5.41) is 0. The van der Waals surface area contributed by atoms with Crippen LogP contribution in [0.25, 0.3) is 0 Å². The van der Waals surface area contributed by atoms with E-state index in [0.29, 0.717) is 11.1 Å². The molecule has 5 heteroatoms. The zero-order valence-electron chi connectivity index (χ0n) is 13.2. The van der Waals surface area contributed by atoms with E-state index >= 15 is 0 Å². The molecule has 2 rings (SSSR count). The minimum Gasteiger partial charge on any atom is -0.334 e. The number of carbonyl (C=O) groups excluding carboxylic acids is 2. The normalized spacial score (nSPS) is 11.3. The Morgan fingerprint density at radius 1 is 0.826 bits per heavy atom. The molecule has 1 N–H and O–H groups in total. The van der Waals surface area contributed by atoms with Crippen molar-refractivity contribution in [3.63, 3.8) is 0 Å². The lowest BCUT2D eigenvalue weighted by Gasteiger charge is -2.11. The zero-order valence-corrected chi connectivity index (χ0v) is 14.0. The second kappa shape index (κ2) is 7.03. The molecule has 0 heterocycles. The van der Waals surface area contributed by atoms with Crippen molar-refractivity contribution in [3.8, 4) is 0 Å². The third-order valence-corrected chi connectivity index (χ3v) is 5.55. The molecule has 23 heavy (non-hydrogen) atoms. The van der Waals surface area contributed by atoms with E-state index in [1.807, 2.05) is 38.1 Å². The van der Waals surface area contributed by atoms with Gasteiger partial charge in [0.1, 0.15) is 0 Å². The Morgan fingerprint density at radius 3 is 1.52 bits per heavy atom. The second-order valence-electron chi connectivity index (χ2n) is 5.57. The van der Waals surface area contributed by atoms with E-state index in [9.17, 15) is 19.0 Å². The van der Waals surface area contributed by atoms with Crippen LogP contribution in [0.1, 0.15) is 22.3 Å². The zero-order chi connectivity index (χ0) is 17.0. The fourth-order valence-corrected chi connectivity index (χ4v) is 3.34. The quantitative estimate of drug-likeness (QED) is 0.824. The van der Waals surface area contributed by atoms with Crippen molar-refractivity contribution < 1.29 is 19.0 Å². The third kappa shape index (κ3) is 4.04. The fraction of sp³-hybridized carbons (Fsp3) is 0.222. The number of hydrogen-bond donors (Lipinski definition) is 1. The Kier molecular flexibility index (Phi) is 5.30. The van der Waals surface area contributed by atoms with Crippen LogP contribution in [0, 0.1) is 13.8 Å². The highest BCUT2D eigenvalue weighted by Crippen LogP contribution is 2.44. The van der Waals surface area contributed by atoms with Gasteiger partial charge in [-0.25, -0.2) is 0 Å². The Balaban J connectivity index is 2.15. The highest BCUT2D eigenvalue weighted by molar-refractivity contribution is 7.89. The molecule has 0 spiro atoms. The van der Waals surface area contributed by atoms with Gasteiger partial charge in [-0.15, -0.1) is 0 Å². The molecule has 0 aromatic heterocycles. The van der Waals surface area contributed by atoms with Gasteiger partial charge >= 0.3 is 7.37 Å². The van der Waals surface area contributed by atoms with Gasteiger partial charge in [0.15, 0.2) is 0 Å². The van der Waals surface area contributed by atoms with Crippen LogP contribution in [0.2, 0.25) is 0 Å². The van der Waals surface area contributed by atoms with Gasteiger partial charge in [-0.3, -0.25) is 14.2 Å². The number of carbonyl (C=O) groups is 2. The van der Waals surface area contributed by atoms with Gasteiger partial charge in [-0.2, -0.15) is 0 Å². The molecular formula is C18H19O4P. The van der Waals surface area contributed by atoms with Gasteiger partial charge in [-0.05, 0) is 36.1 Å². The minimum atomic E-state index is -4.52. The number of aryl methyl sites for hydroxylation is 2. The van der Waals surface area contributed by atoms with Crippen molar-refractivity contribution in [1.82, 2.24) is 0 Å². The Morgan fingerprint density at radius 2 is 1.17 bits per heavy atom. The molecule has 120 valence electrons. The molecule has 2 aromatic rings. The van der Waals surface area contributed by atoms with Crippen LogP contribution < -0.4 is 0 Å². The lowest BCUT2D eigenvalue weighted by atomic mass is 10.1. The molecule has 0 aliphatic carbocycles. The Labute approximate surface area is 135 Å². The molecule has 0 saturated carbocycles. The first-order valence-corrected chi connectivity index (χ1v) is 8.97. The Bertz CT molecular complexity index is 732. The van der Waals surface area contributed by atoms with Crippen molar-refractivity contribution >= 4 is 18.4 Å². The first-order chi connectivity index (χ1) is 10.8. The van der Waals surface area contributed by atoms with Crippen LogP contribution in [-0.2, 0) is 27.0 Å². The van der Waals surface area contributed by atoms with Gasteiger partial charge < -0.3 is 4.89 Å². The predicted octanol–water partition coefficient (Wildman–Crippen LogP) is 3.41. The first kappa shape index (κ1) is 17.3.